The van der Waals surface area contributed by atoms with Gasteiger partial charge in [-0.15, -0.1) is 0 Å². The van der Waals surface area contributed by atoms with Crippen molar-refractivity contribution in [3.05, 3.63) is 47.0 Å². The van der Waals surface area contributed by atoms with E-state index in [-0.39, 0.29) is 17.5 Å². The first-order valence-corrected chi connectivity index (χ1v) is 10.4. The van der Waals surface area contributed by atoms with E-state index >= 15 is 0 Å². The third-order valence-corrected chi connectivity index (χ3v) is 5.53. The van der Waals surface area contributed by atoms with Crippen molar-refractivity contribution >= 4 is 33.2 Å². The lowest BCUT2D eigenvalue weighted by Gasteiger charge is -2.14. The number of hydrogen-bond donors (Lipinski definition) is 2. The third kappa shape index (κ3) is 5.85. The number of carbonyl (C=O) groups excluding carboxylic acids is 1. The lowest BCUT2D eigenvalue weighted by Crippen LogP contribution is -2.30. The maximum absolute atomic E-state index is 12.2. The van der Waals surface area contributed by atoms with E-state index in [4.69, 9.17) is 21.1 Å². The number of methoxy groups -OCH3 is 1. The molecular formula is C19H23ClN2O5S. The normalized spacial score (nSPS) is 11.4. The van der Waals surface area contributed by atoms with Crippen molar-refractivity contribution in [2.24, 2.45) is 0 Å². The Morgan fingerprint density at radius 1 is 1.14 bits per heavy atom. The van der Waals surface area contributed by atoms with Crippen LogP contribution in [0.3, 0.4) is 0 Å². The summed E-state index contributed by atoms with van der Waals surface area (Å²) in [4.78, 5) is 12.3. The van der Waals surface area contributed by atoms with Crippen LogP contribution in [0.4, 0.5) is 5.69 Å². The molecule has 0 fully saturated rings. The topological polar surface area (TPSA) is 93.7 Å². The molecule has 0 spiro atoms. The Morgan fingerprint density at radius 2 is 1.82 bits per heavy atom. The number of benzene rings is 2. The molecule has 0 aliphatic carbocycles. The predicted molar refractivity (Wildman–Crippen MR) is 109 cm³/mol. The highest BCUT2D eigenvalue weighted by molar-refractivity contribution is 7.89. The quantitative estimate of drug-likeness (QED) is 0.675. The van der Waals surface area contributed by atoms with E-state index in [1.54, 1.807) is 39.0 Å². The first-order chi connectivity index (χ1) is 13.1. The van der Waals surface area contributed by atoms with Crippen molar-refractivity contribution in [3.63, 3.8) is 0 Å². The number of aryl methyl sites for hydroxylation is 1. The summed E-state index contributed by atoms with van der Waals surface area (Å²) >= 11 is 5.94. The predicted octanol–water partition coefficient (Wildman–Crippen LogP) is 3.36. The highest BCUT2D eigenvalue weighted by Gasteiger charge is 2.17. The highest BCUT2D eigenvalue weighted by Crippen LogP contribution is 2.28. The first-order valence-electron chi connectivity index (χ1n) is 8.51. The smallest absolute Gasteiger partial charge is 0.262 e. The second-order valence-corrected chi connectivity index (χ2v) is 8.54. The summed E-state index contributed by atoms with van der Waals surface area (Å²) in [6.07, 6.45) is 0. The number of ether oxygens (including phenoxy) is 2. The van der Waals surface area contributed by atoms with Crippen LogP contribution in [0, 0.1) is 6.92 Å². The molecule has 0 saturated carbocycles. The molecule has 0 radical (unpaired) electrons. The Kier molecular flexibility index (Phi) is 7.29. The summed E-state index contributed by atoms with van der Waals surface area (Å²) in [5.41, 5.74) is 1.03. The molecule has 28 heavy (non-hydrogen) atoms. The average Bonchev–Trinajstić information content (AvgIpc) is 2.59. The fourth-order valence-electron chi connectivity index (χ4n) is 2.44. The van der Waals surface area contributed by atoms with Gasteiger partial charge >= 0.3 is 0 Å². The summed E-state index contributed by atoms with van der Waals surface area (Å²) in [6.45, 7) is 4.94. The van der Waals surface area contributed by atoms with Crippen molar-refractivity contribution in [2.75, 3.05) is 19.0 Å². The van der Waals surface area contributed by atoms with E-state index < -0.39 is 15.9 Å². The second kappa shape index (κ2) is 9.27. The SMILES string of the molecule is COc1ccc(Cl)cc1NC(=O)COc1ccc(S(=O)(=O)NC(C)C)cc1C. The molecule has 0 heterocycles. The van der Waals surface area contributed by atoms with Crippen LogP contribution >= 0.6 is 11.6 Å². The molecule has 152 valence electrons. The number of hydrogen-bond acceptors (Lipinski definition) is 5. The van der Waals surface area contributed by atoms with Crippen LogP contribution in [0.15, 0.2) is 41.3 Å². The van der Waals surface area contributed by atoms with Gasteiger partial charge in [0, 0.05) is 11.1 Å². The zero-order chi connectivity index (χ0) is 20.9. The minimum atomic E-state index is -3.59. The van der Waals surface area contributed by atoms with Gasteiger partial charge in [-0.1, -0.05) is 11.6 Å². The van der Waals surface area contributed by atoms with Gasteiger partial charge in [0.2, 0.25) is 10.0 Å². The molecule has 0 saturated heterocycles. The van der Waals surface area contributed by atoms with E-state index in [9.17, 15) is 13.2 Å². The summed E-state index contributed by atoms with van der Waals surface area (Å²) in [5.74, 6) is 0.482. The monoisotopic (exact) mass is 426 g/mol. The second-order valence-electron chi connectivity index (χ2n) is 6.38. The van der Waals surface area contributed by atoms with Crippen LogP contribution in [0.2, 0.25) is 5.02 Å². The molecule has 2 rings (SSSR count). The zero-order valence-corrected chi connectivity index (χ0v) is 17.6. The van der Waals surface area contributed by atoms with Crippen LogP contribution in [-0.2, 0) is 14.8 Å². The molecule has 0 aliphatic heterocycles. The van der Waals surface area contributed by atoms with Gasteiger partial charge in [0.25, 0.3) is 5.91 Å². The number of halogens is 1. The number of amides is 1. The highest BCUT2D eigenvalue weighted by atomic mass is 35.5. The fraction of sp³-hybridized carbons (Fsp3) is 0.316. The van der Waals surface area contributed by atoms with Crippen molar-refractivity contribution in [2.45, 2.75) is 31.7 Å². The van der Waals surface area contributed by atoms with Crippen LogP contribution in [0.5, 0.6) is 11.5 Å². The lowest BCUT2D eigenvalue weighted by atomic mass is 10.2. The molecular weight excluding hydrogens is 404 g/mol. The van der Waals surface area contributed by atoms with Crippen molar-refractivity contribution in [1.29, 1.82) is 0 Å². The van der Waals surface area contributed by atoms with E-state index in [1.165, 1.54) is 25.3 Å². The molecule has 0 aromatic heterocycles. The van der Waals surface area contributed by atoms with Crippen molar-refractivity contribution in [1.82, 2.24) is 4.72 Å². The van der Waals surface area contributed by atoms with E-state index in [0.717, 1.165) is 0 Å². The summed E-state index contributed by atoms with van der Waals surface area (Å²) in [5, 5.41) is 3.13. The van der Waals surface area contributed by atoms with Gasteiger partial charge in [-0.2, -0.15) is 0 Å². The van der Waals surface area contributed by atoms with Gasteiger partial charge in [0.15, 0.2) is 6.61 Å². The van der Waals surface area contributed by atoms with Gasteiger partial charge in [-0.25, -0.2) is 13.1 Å². The number of rotatable bonds is 8. The third-order valence-electron chi connectivity index (χ3n) is 3.64. The van der Waals surface area contributed by atoms with Crippen LogP contribution < -0.4 is 19.5 Å². The van der Waals surface area contributed by atoms with Gasteiger partial charge in [0.05, 0.1) is 17.7 Å². The summed E-state index contributed by atoms with van der Waals surface area (Å²) in [7, 11) is -2.11. The van der Waals surface area contributed by atoms with Crippen molar-refractivity contribution < 1.29 is 22.7 Å². The average molecular weight is 427 g/mol. The number of nitrogens with one attached hydrogen (secondary N) is 2. The standard InChI is InChI=1S/C19H23ClN2O5S/c1-12(2)22-28(24,25)15-6-8-17(13(3)9-15)27-11-19(23)21-16-10-14(20)5-7-18(16)26-4/h5-10,12,22H,11H2,1-4H3,(H,21,23). The number of sulfonamides is 1. The molecule has 1 amide bonds. The van der Waals surface area contributed by atoms with Crippen LogP contribution in [-0.4, -0.2) is 34.1 Å². The maximum atomic E-state index is 12.2. The Labute approximate surface area is 170 Å². The Bertz CT molecular complexity index is 961. The minimum absolute atomic E-state index is 0.138. The molecule has 0 unspecified atom stereocenters. The van der Waals surface area contributed by atoms with Gasteiger partial charge in [-0.3, -0.25) is 4.79 Å². The number of carbonyl (C=O) groups is 1. The molecule has 7 nitrogen and oxygen atoms in total. The Hall–Kier alpha value is -2.29. The summed E-state index contributed by atoms with van der Waals surface area (Å²) < 4.78 is 37.7. The first kappa shape index (κ1) is 22.0. The van der Waals surface area contributed by atoms with Gasteiger partial charge in [0.1, 0.15) is 11.5 Å². The van der Waals surface area contributed by atoms with E-state index in [2.05, 4.69) is 10.0 Å². The Morgan fingerprint density at radius 3 is 2.43 bits per heavy atom. The maximum Gasteiger partial charge on any atom is 0.262 e. The largest absolute Gasteiger partial charge is 0.495 e. The van der Waals surface area contributed by atoms with E-state index in [1.807, 2.05) is 0 Å². The lowest BCUT2D eigenvalue weighted by molar-refractivity contribution is -0.118. The molecule has 0 aliphatic rings. The molecule has 2 N–H and O–H groups in total. The molecule has 2 aromatic carbocycles. The molecule has 2 aromatic rings. The van der Waals surface area contributed by atoms with Crippen LogP contribution in [0.1, 0.15) is 19.4 Å². The molecule has 0 atom stereocenters. The van der Waals surface area contributed by atoms with Crippen molar-refractivity contribution in [3.8, 4) is 11.5 Å². The minimum Gasteiger partial charge on any atom is -0.495 e. The summed E-state index contributed by atoms with van der Waals surface area (Å²) in [6, 6.07) is 9.12. The Balaban J connectivity index is 2.05. The van der Waals surface area contributed by atoms with Crippen LogP contribution in [0.25, 0.3) is 0 Å². The van der Waals surface area contributed by atoms with Gasteiger partial charge in [-0.05, 0) is 62.7 Å². The molecule has 9 heteroatoms. The number of anilines is 1. The zero-order valence-electron chi connectivity index (χ0n) is 16.1. The fourth-order valence-corrected chi connectivity index (χ4v) is 3.94. The molecule has 0 bridgehead atoms. The van der Waals surface area contributed by atoms with E-state index in [0.29, 0.717) is 27.8 Å². The van der Waals surface area contributed by atoms with Gasteiger partial charge < -0.3 is 14.8 Å².